The summed E-state index contributed by atoms with van der Waals surface area (Å²) >= 11 is 1.27. The van der Waals surface area contributed by atoms with Gasteiger partial charge in [-0.15, -0.1) is 0 Å². The molecular formula is C34H53BFN3O7SSi. The molecule has 1 aromatic carbocycles. The Balaban J connectivity index is 1.57. The molecule has 5 rings (SSSR count). The number of fused-ring (bicyclic) bond motifs is 1. The molecule has 3 heterocycles. The fourth-order valence-electron chi connectivity index (χ4n) is 6.24. The van der Waals surface area contributed by atoms with Crippen LogP contribution in [-0.2, 0) is 33.9 Å². The number of amides is 2. The maximum atomic E-state index is 16.1. The average Bonchev–Trinajstić information content (AvgIpc) is 3.67. The van der Waals surface area contributed by atoms with E-state index in [1.807, 2.05) is 39.5 Å². The predicted octanol–water partition coefficient (Wildman–Crippen LogP) is 5.61. The van der Waals surface area contributed by atoms with Crippen LogP contribution in [0, 0.1) is 11.7 Å². The Morgan fingerprint density at radius 1 is 1.10 bits per heavy atom. The first-order valence-corrected chi connectivity index (χ1v) is 21.5. The van der Waals surface area contributed by atoms with E-state index in [-0.39, 0.29) is 23.7 Å². The zero-order valence-corrected chi connectivity index (χ0v) is 32.3. The van der Waals surface area contributed by atoms with Gasteiger partial charge in [0.15, 0.2) is 5.17 Å². The Kier molecular flexibility index (Phi) is 10.1. The molecule has 1 saturated carbocycles. The summed E-state index contributed by atoms with van der Waals surface area (Å²) in [6.45, 7) is 24.1. The number of hydrogen-bond acceptors (Lipinski definition) is 9. The topological polar surface area (TPSA) is 99.1 Å². The van der Waals surface area contributed by atoms with Crippen LogP contribution >= 0.6 is 11.8 Å². The van der Waals surface area contributed by atoms with E-state index in [9.17, 15) is 9.59 Å². The summed E-state index contributed by atoms with van der Waals surface area (Å²) in [5.74, 6) is -0.834. The summed E-state index contributed by atoms with van der Waals surface area (Å²) in [5, 5.41) is 0.274. The SMILES string of the molecule is CC(C)(C)OC(=O)N(COCC[Si](C)(C)C)C1=N[C@](C)(c2cc(B3OC(C)(C)C(C)(C)O3)ccc2F)[C@@H]2C[C@]2(C(=O)N2CCOCC2)S1. The van der Waals surface area contributed by atoms with Crippen LogP contribution in [0.5, 0.6) is 0 Å². The summed E-state index contributed by atoms with van der Waals surface area (Å²) in [4.78, 5) is 36.6. The number of thioether (sulfide) groups is 1. The van der Waals surface area contributed by atoms with Crippen LogP contribution in [0.25, 0.3) is 0 Å². The molecule has 14 heteroatoms. The van der Waals surface area contributed by atoms with Crippen molar-refractivity contribution in [2.75, 3.05) is 39.6 Å². The third-order valence-electron chi connectivity index (χ3n) is 9.97. The van der Waals surface area contributed by atoms with Gasteiger partial charge in [0.05, 0.1) is 30.0 Å². The molecule has 0 N–H and O–H groups in total. The second-order valence-electron chi connectivity index (χ2n) is 16.8. The van der Waals surface area contributed by atoms with E-state index in [0.717, 1.165) is 6.04 Å². The standard InChI is InChI=1S/C34H53BFN3O7SSi/c1-30(2,3)44-29(41)39(22-43-18-19-48(9,10)11)28-37-33(8,26-21-34(26,47-28)27(40)38-14-16-42-17-15-38)24-20-23(12-13-25(24)36)35-45-31(4,5)32(6,7)46-35/h12-13,20,26H,14-19,21-22H2,1-11H3/t26-,33+,34-/m0/s1. The molecule has 1 aromatic rings. The molecule has 10 nitrogen and oxygen atoms in total. The Morgan fingerprint density at radius 2 is 1.73 bits per heavy atom. The van der Waals surface area contributed by atoms with Crippen LogP contribution in [0.1, 0.15) is 67.4 Å². The molecule has 0 bridgehead atoms. The fourth-order valence-corrected chi connectivity index (χ4v) is 8.64. The maximum Gasteiger partial charge on any atom is 0.494 e. The third-order valence-corrected chi connectivity index (χ3v) is 13.2. The van der Waals surface area contributed by atoms with Gasteiger partial charge in [-0.2, -0.15) is 0 Å². The van der Waals surface area contributed by atoms with Crippen LogP contribution in [0.3, 0.4) is 0 Å². The van der Waals surface area contributed by atoms with E-state index in [0.29, 0.717) is 50.4 Å². The van der Waals surface area contributed by atoms with Crippen molar-refractivity contribution >= 4 is 49.6 Å². The number of rotatable bonds is 8. The third kappa shape index (κ3) is 7.53. The molecule has 48 heavy (non-hydrogen) atoms. The van der Waals surface area contributed by atoms with Gasteiger partial charge in [0.2, 0.25) is 5.91 Å². The summed E-state index contributed by atoms with van der Waals surface area (Å²) in [6.07, 6.45) is -0.167. The van der Waals surface area contributed by atoms with E-state index in [2.05, 4.69) is 19.6 Å². The van der Waals surface area contributed by atoms with Gasteiger partial charge in [-0.25, -0.2) is 14.1 Å². The Bertz CT molecular complexity index is 1430. The Hall–Kier alpha value is -1.97. The predicted molar refractivity (Wildman–Crippen MR) is 190 cm³/mol. The molecule has 2 saturated heterocycles. The van der Waals surface area contributed by atoms with Crippen LogP contribution in [0.15, 0.2) is 23.2 Å². The average molecular weight is 706 g/mol. The Morgan fingerprint density at radius 3 is 2.31 bits per heavy atom. The highest BCUT2D eigenvalue weighted by Crippen LogP contribution is 2.67. The lowest BCUT2D eigenvalue weighted by molar-refractivity contribution is -0.136. The fraction of sp³-hybridized carbons (Fsp3) is 0.735. The number of aliphatic imine (C=N–C) groups is 1. The van der Waals surface area contributed by atoms with Crippen molar-refractivity contribution in [1.82, 2.24) is 9.80 Å². The van der Waals surface area contributed by atoms with Crippen molar-refractivity contribution in [2.45, 2.75) is 115 Å². The van der Waals surface area contributed by atoms with E-state index in [1.54, 1.807) is 32.9 Å². The van der Waals surface area contributed by atoms with Crippen molar-refractivity contribution in [1.29, 1.82) is 0 Å². The second-order valence-corrected chi connectivity index (χ2v) is 23.7. The number of carbonyl (C=O) groups is 2. The molecule has 0 radical (unpaired) electrons. The minimum Gasteiger partial charge on any atom is -0.443 e. The molecular weight excluding hydrogens is 652 g/mol. The van der Waals surface area contributed by atoms with E-state index in [1.165, 1.54) is 22.7 Å². The first-order chi connectivity index (χ1) is 22.1. The van der Waals surface area contributed by atoms with Crippen molar-refractivity contribution in [3.63, 3.8) is 0 Å². The quantitative estimate of drug-likeness (QED) is 0.196. The summed E-state index contributed by atoms with van der Waals surface area (Å²) in [5.41, 5.74) is -2.18. The van der Waals surface area contributed by atoms with E-state index >= 15 is 4.39 Å². The molecule has 2 amide bonds. The number of hydrogen-bond donors (Lipinski definition) is 0. The zero-order chi connectivity index (χ0) is 35.5. The monoisotopic (exact) mass is 705 g/mol. The molecule has 1 aliphatic carbocycles. The van der Waals surface area contributed by atoms with Gasteiger partial charge in [0.1, 0.15) is 22.9 Å². The first kappa shape index (κ1) is 37.3. The molecule has 3 aliphatic heterocycles. The van der Waals surface area contributed by atoms with Gasteiger partial charge in [-0.05, 0) is 79.4 Å². The van der Waals surface area contributed by atoms with Crippen LogP contribution < -0.4 is 5.46 Å². The zero-order valence-electron chi connectivity index (χ0n) is 30.5. The van der Waals surface area contributed by atoms with Crippen molar-refractivity contribution in [3.8, 4) is 0 Å². The van der Waals surface area contributed by atoms with E-state index in [4.69, 9.17) is 28.5 Å². The minimum atomic E-state index is -1.41. The Labute approximate surface area is 290 Å². The maximum absolute atomic E-state index is 16.1. The van der Waals surface area contributed by atoms with Gasteiger partial charge in [-0.1, -0.05) is 43.5 Å². The number of halogens is 1. The number of ether oxygens (including phenoxy) is 3. The second kappa shape index (κ2) is 13.0. The van der Waals surface area contributed by atoms with Crippen LogP contribution in [-0.4, -0.2) is 103 Å². The molecule has 0 aromatic heterocycles. The van der Waals surface area contributed by atoms with E-state index < -0.39 is 54.2 Å². The minimum absolute atomic E-state index is 0.0502. The first-order valence-electron chi connectivity index (χ1n) is 17.0. The molecule has 266 valence electrons. The molecule has 3 atom stereocenters. The van der Waals surface area contributed by atoms with Crippen molar-refractivity contribution in [3.05, 3.63) is 29.6 Å². The summed E-state index contributed by atoms with van der Waals surface area (Å²) < 4.78 is 45.3. The van der Waals surface area contributed by atoms with Crippen LogP contribution in [0.2, 0.25) is 25.7 Å². The molecule has 0 spiro atoms. The van der Waals surface area contributed by atoms with Gasteiger partial charge in [0, 0.05) is 39.3 Å². The van der Waals surface area contributed by atoms with Crippen molar-refractivity contribution < 1.29 is 37.5 Å². The number of amidine groups is 1. The summed E-state index contributed by atoms with van der Waals surface area (Å²) in [6, 6.07) is 5.74. The summed E-state index contributed by atoms with van der Waals surface area (Å²) in [7, 11) is -2.12. The van der Waals surface area contributed by atoms with Gasteiger partial charge in [0.25, 0.3) is 0 Å². The van der Waals surface area contributed by atoms with Gasteiger partial charge >= 0.3 is 13.2 Å². The van der Waals surface area contributed by atoms with Crippen LogP contribution in [0.4, 0.5) is 9.18 Å². The number of benzene rings is 1. The molecule has 4 aliphatic rings. The lowest BCUT2D eigenvalue weighted by Crippen LogP contribution is -2.51. The highest BCUT2D eigenvalue weighted by atomic mass is 32.2. The molecule has 0 unspecified atom stereocenters. The molecule has 3 fully saturated rings. The lowest BCUT2D eigenvalue weighted by Gasteiger charge is -2.39. The smallest absolute Gasteiger partial charge is 0.443 e. The van der Waals surface area contributed by atoms with Gasteiger partial charge < -0.3 is 28.4 Å². The van der Waals surface area contributed by atoms with Gasteiger partial charge in [-0.3, -0.25) is 9.79 Å². The lowest BCUT2D eigenvalue weighted by atomic mass is 9.75. The number of carbonyl (C=O) groups excluding carboxylic acids is 2. The highest BCUT2D eigenvalue weighted by Gasteiger charge is 2.72. The highest BCUT2D eigenvalue weighted by molar-refractivity contribution is 8.16. The number of nitrogens with zero attached hydrogens (tertiary/aromatic N) is 3. The normalized spacial score (nSPS) is 28.1. The largest absolute Gasteiger partial charge is 0.494 e. The van der Waals surface area contributed by atoms with Crippen molar-refractivity contribution in [2.24, 2.45) is 10.9 Å². The number of morpholine rings is 1.